The summed E-state index contributed by atoms with van der Waals surface area (Å²) in [7, 11) is 1.64. The van der Waals surface area contributed by atoms with Crippen LogP contribution in [0.25, 0.3) is 0 Å². The molecule has 0 aliphatic carbocycles. The van der Waals surface area contributed by atoms with Crippen LogP contribution >= 0.6 is 0 Å². The Morgan fingerprint density at radius 3 is 2.56 bits per heavy atom. The summed E-state index contributed by atoms with van der Waals surface area (Å²) < 4.78 is 11.9. The van der Waals surface area contributed by atoms with Crippen molar-refractivity contribution in [1.29, 1.82) is 0 Å². The summed E-state index contributed by atoms with van der Waals surface area (Å²) in [6.45, 7) is 8.60. The maximum absolute atomic E-state index is 11.8. The summed E-state index contributed by atoms with van der Waals surface area (Å²) >= 11 is 0. The van der Waals surface area contributed by atoms with E-state index in [4.69, 9.17) is 9.47 Å². The van der Waals surface area contributed by atoms with Gasteiger partial charge in [-0.25, -0.2) is 9.48 Å². The molecule has 0 aliphatic heterocycles. The fourth-order valence-electron chi connectivity index (χ4n) is 1.69. The third-order valence-electron chi connectivity index (χ3n) is 2.62. The Balaban J connectivity index is 3.03. The van der Waals surface area contributed by atoms with Crippen LogP contribution in [0.5, 0.6) is 0 Å². The van der Waals surface area contributed by atoms with E-state index in [-0.39, 0.29) is 12.0 Å². The van der Waals surface area contributed by atoms with Gasteiger partial charge < -0.3 is 9.47 Å². The van der Waals surface area contributed by atoms with E-state index in [0.717, 1.165) is 5.69 Å². The number of ether oxygens (including phenoxy) is 2. The van der Waals surface area contributed by atoms with Crippen LogP contribution in [-0.4, -0.2) is 40.8 Å². The van der Waals surface area contributed by atoms with Crippen molar-refractivity contribution in [3.63, 3.8) is 0 Å². The smallest absolute Gasteiger partial charge is 0.360 e. The van der Waals surface area contributed by atoms with Crippen molar-refractivity contribution in [1.82, 2.24) is 15.0 Å². The number of methoxy groups -OCH3 is 1. The molecule has 1 aromatic heterocycles. The highest BCUT2D eigenvalue weighted by Gasteiger charge is 2.23. The van der Waals surface area contributed by atoms with Gasteiger partial charge in [-0.05, 0) is 19.8 Å². The molecule has 6 heteroatoms. The molecule has 0 spiro atoms. The van der Waals surface area contributed by atoms with E-state index in [1.54, 1.807) is 18.7 Å². The second kappa shape index (κ2) is 6.49. The van der Waals surface area contributed by atoms with Crippen molar-refractivity contribution in [2.45, 2.75) is 46.3 Å². The van der Waals surface area contributed by atoms with E-state index in [1.807, 2.05) is 20.8 Å². The molecule has 18 heavy (non-hydrogen) atoms. The largest absolute Gasteiger partial charge is 0.461 e. The molecule has 6 nitrogen and oxygen atoms in total. The van der Waals surface area contributed by atoms with Gasteiger partial charge in [0.05, 0.1) is 24.9 Å². The lowest BCUT2D eigenvalue weighted by atomic mass is 10.1. The number of hydrogen-bond acceptors (Lipinski definition) is 5. The molecule has 0 bridgehead atoms. The minimum atomic E-state index is -0.419. The zero-order valence-corrected chi connectivity index (χ0v) is 11.6. The lowest BCUT2D eigenvalue weighted by Crippen LogP contribution is -2.19. The summed E-state index contributed by atoms with van der Waals surface area (Å²) in [5.41, 5.74) is 1.09. The molecule has 0 amide bonds. The molecule has 1 aromatic rings. The van der Waals surface area contributed by atoms with Crippen LogP contribution in [0.3, 0.4) is 0 Å². The normalized spacial score (nSPS) is 12.8. The fourth-order valence-corrected chi connectivity index (χ4v) is 1.69. The third kappa shape index (κ3) is 3.29. The lowest BCUT2D eigenvalue weighted by molar-refractivity contribution is 0.0517. The van der Waals surface area contributed by atoms with Crippen molar-refractivity contribution in [2.24, 2.45) is 0 Å². The number of carbonyl (C=O) groups excluding carboxylic acids is 1. The SMILES string of the molecule is CCOC(=O)c1nnn(CC(C)OC)c1C(C)C. The van der Waals surface area contributed by atoms with Crippen LogP contribution in [-0.2, 0) is 16.0 Å². The maximum Gasteiger partial charge on any atom is 0.360 e. The standard InChI is InChI=1S/C12H21N3O3/c1-6-18-12(16)10-11(8(2)3)15(14-13-10)7-9(4)17-5/h8-9H,6-7H2,1-5H3. The molecule has 0 aliphatic rings. The predicted octanol–water partition coefficient (Wildman–Crippen LogP) is 1.61. The van der Waals surface area contributed by atoms with Gasteiger partial charge in [0, 0.05) is 7.11 Å². The van der Waals surface area contributed by atoms with E-state index >= 15 is 0 Å². The molecule has 0 radical (unpaired) electrons. The summed E-state index contributed by atoms with van der Waals surface area (Å²) in [4.78, 5) is 11.8. The maximum atomic E-state index is 11.8. The molecule has 1 unspecified atom stereocenters. The van der Waals surface area contributed by atoms with E-state index in [0.29, 0.717) is 18.8 Å². The molecule has 1 atom stereocenters. The average molecular weight is 255 g/mol. The molecule has 0 saturated heterocycles. The van der Waals surface area contributed by atoms with Crippen LogP contribution in [0.2, 0.25) is 0 Å². The first-order valence-corrected chi connectivity index (χ1v) is 6.14. The first kappa shape index (κ1) is 14.6. The fraction of sp³-hybridized carbons (Fsp3) is 0.750. The van der Waals surface area contributed by atoms with E-state index < -0.39 is 5.97 Å². The number of nitrogens with zero attached hydrogens (tertiary/aromatic N) is 3. The van der Waals surface area contributed by atoms with Gasteiger partial charge >= 0.3 is 5.97 Å². The zero-order chi connectivity index (χ0) is 13.7. The zero-order valence-electron chi connectivity index (χ0n) is 11.6. The van der Waals surface area contributed by atoms with Crippen LogP contribution in [0, 0.1) is 0 Å². The highest BCUT2D eigenvalue weighted by molar-refractivity contribution is 5.88. The van der Waals surface area contributed by atoms with E-state index in [2.05, 4.69) is 10.3 Å². The number of hydrogen-bond donors (Lipinski definition) is 0. The Kier molecular flexibility index (Phi) is 5.27. The van der Waals surface area contributed by atoms with Gasteiger partial charge in [0.2, 0.25) is 0 Å². The minimum Gasteiger partial charge on any atom is -0.461 e. The third-order valence-corrected chi connectivity index (χ3v) is 2.62. The summed E-state index contributed by atoms with van der Waals surface area (Å²) in [6, 6.07) is 0. The highest BCUT2D eigenvalue weighted by atomic mass is 16.5. The van der Waals surface area contributed by atoms with Crippen molar-refractivity contribution in [3.05, 3.63) is 11.4 Å². The second-order valence-electron chi connectivity index (χ2n) is 4.43. The van der Waals surface area contributed by atoms with Gasteiger partial charge in [0.1, 0.15) is 0 Å². The topological polar surface area (TPSA) is 66.2 Å². The van der Waals surface area contributed by atoms with Gasteiger partial charge in [-0.3, -0.25) is 0 Å². The first-order chi connectivity index (χ1) is 8.51. The molecule has 102 valence electrons. The van der Waals surface area contributed by atoms with Gasteiger partial charge in [0.25, 0.3) is 0 Å². The number of aromatic nitrogens is 3. The number of rotatable bonds is 6. The number of carbonyl (C=O) groups is 1. The summed E-state index contributed by atoms with van der Waals surface area (Å²) in [6.07, 6.45) is 0.0132. The minimum absolute atomic E-state index is 0.0132. The highest BCUT2D eigenvalue weighted by Crippen LogP contribution is 2.19. The quantitative estimate of drug-likeness (QED) is 0.722. The molecule has 1 heterocycles. The monoisotopic (exact) mass is 255 g/mol. The Morgan fingerprint density at radius 1 is 1.39 bits per heavy atom. The predicted molar refractivity (Wildman–Crippen MR) is 66.5 cm³/mol. The molecule has 0 N–H and O–H groups in total. The van der Waals surface area contributed by atoms with Crippen molar-refractivity contribution in [2.75, 3.05) is 13.7 Å². The lowest BCUT2D eigenvalue weighted by Gasteiger charge is -2.14. The molecule has 0 saturated carbocycles. The van der Waals surface area contributed by atoms with Gasteiger partial charge in [-0.15, -0.1) is 5.10 Å². The van der Waals surface area contributed by atoms with Crippen LogP contribution in [0.15, 0.2) is 0 Å². The molecule has 0 fully saturated rings. The van der Waals surface area contributed by atoms with Crippen molar-refractivity contribution in [3.8, 4) is 0 Å². The molecule has 1 rings (SSSR count). The average Bonchev–Trinajstić information content (AvgIpc) is 2.73. The number of esters is 1. The van der Waals surface area contributed by atoms with Crippen molar-refractivity contribution < 1.29 is 14.3 Å². The summed E-state index contributed by atoms with van der Waals surface area (Å²) in [5, 5.41) is 7.94. The van der Waals surface area contributed by atoms with Crippen LogP contribution < -0.4 is 0 Å². The van der Waals surface area contributed by atoms with Gasteiger partial charge in [-0.2, -0.15) is 0 Å². The van der Waals surface area contributed by atoms with Crippen molar-refractivity contribution >= 4 is 5.97 Å². The molecular weight excluding hydrogens is 234 g/mol. The Bertz CT molecular complexity index is 401. The Labute approximate surface area is 107 Å². The van der Waals surface area contributed by atoms with E-state index in [1.165, 1.54) is 0 Å². The first-order valence-electron chi connectivity index (χ1n) is 6.14. The van der Waals surface area contributed by atoms with E-state index in [9.17, 15) is 4.79 Å². The van der Waals surface area contributed by atoms with Crippen LogP contribution in [0.1, 0.15) is 49.8 Å². The second-order valence-corrected chi connectivity index (χ2v) is 4.43. The Hall–Kier alpha value is -1.43. The Morgan fingerprint density at radius 2 is 2.06 bits per heavy atom. The van der Waals surface area contributed by atoms with Gasteiger partial charge in [0.15, 0.2) is 5.69 Å². The molecular formula is C12H21N3O3. The summed E-state index contributed by atoms with van der Waals surface area (Å²) in [5.74, 6) is -0.277. The van der Waals surface area contributed by atoms with Crippen LogP contribution in [0.4, 0.5) is 0 Å². The van der Waals surface area contributed by atoms with Gasteiger partial charge in [-0.1, -0.05) is 19.1 Å². The molecule has 0 aromatic carbocycles.